The van der Waals surface area contributed by atoms with Gasteiger partial charge >= 0.3 is 0 Å². The number of aliphatic hydroxyl groups excluding tert-OH is 1. The van der Waals surface area contributed by atoms with Crippen LogP contribution in [-0.4, -0.2) is 81.4 Å². The molecule has 3 fully saturated rings. The third-order valence-electron chi connectivity index (χ3n) is 9.82. The van der Waals surface area contributed by atoms with Crippen molar-refractivity contribution in [3.05, 3.63) is 10.6 Å². The Hall–Kier alpha value is -1.65. The second kappa shape index (κ2) is 11.1. The van der Waals surface area contributed by atoms with Crippen LogP contribution in [0.1, 0.15) is 69.9 Å². The molecule has 6 atom stereocenters. The number of thiazole rings is 1. The zero-order valence-electron chi connectivity index (χ0n) is 23.1. The molecule has 1 aromatic rings. The van der Waals surface area contributed by atoms with Crippen LogP contribution < -0.4 is 5.32 Å². The second-order valence-electron chi connectivity index (χ2n) is 12.2. The fraction of sp³-hybridized carbons (Fsp3) is 0.786. The summed E-state index contributed by atoms with van der Waals surface area (Å²) in [5, 5.41) is 15.4. The topological polar surface area (TPSA) is 103 Å². The van der Waals surface area contributed by atoms with E-state index in [1.54, 1.807) is 23.2 Å². The number of likely N-dealkylation sites (tertiary alicyclic amines) is 1. The predicted molar refractivity (Wildman–Crippen MR) is 151 cm³/mol. The quantitative estimate of drug-likeness (QED) is 0.581. The smallest absolute Gasteiger partial charge is 0.229 e. The van der Waals surface area contributed by atoms with Crippen LogP contribution in [0.15, 0.2) is 0 Å². The summed E-state index contributed by atoms with van der Waals surface area (Å²) < 4.78 is 0. The molecule has 4 aliphatic rings. The zero-order valence-corrected chi connectivity index (χ0v) is 24.7. The Morgan fingerprint density at radius 3 is 2.45 bits per heavy atom. The summed E-state index contributed by atoms with van der Waals surface area (Å²) in [4.78, 5) is 47.8. The molecule has 210 valence electrons. The largest absolute Gasteiger partial charge is 0.392 e. The molecule has 2 N–H and O–H groups in total. The molecule has 0 bridgehead atoms. The Morgan fingerprint density at radius 1 is 1.11 bits per heavy atom. The molecule has 0 unspecified atom stereocenters. The van der Waals surface area contributed by atoms with Crippen LogP contribution in [0.3, 0.4) is 0 Å². The first-order valence-electron chi connectivity index (χ1n) is 14.2. The van der Waals surface area contributed by atoms with E-state index in [1.165, 1.54) is 4.88 Å². The maximum atomic E-state index is 13.3. The molecule has 2 saturated heterocycles. The molecule has 1 aromatic heterocycles. The van der Waals surface area contributed by atoms with Gasteiger partial charge in [-0.1, -0.05) is 20.8 Å². The van der Waals surface area contributed by atoms with E-state index in [0.717, 1.165) is 49.6 Å². The van der Waals surface area contributed by atoms with Crippen molar-refractivity contribution in [3.63, 3.8) is 0 Å². The number of hydrogen-bond donors (Lipinski definition) is 2. The van der Waals surface area contributed by atoms with Gasteiger partial charge in [0.1, 0.15) is 0 Å². The van der Waals surface area contributed by atoms with Gasteiger partial charge in [-0.25, -0.2) is 4.98 Å². The van der Waals surface area contributed by atoms with Crippen LogP contribution in [0.4, 0.5) is 5.13 Å². The molecule has 0 radical (unpaired) electrons. The number of hydrogen-bond acceptors (Lipinski definition) is 7. The highest BCUT2D eigenvalue weighted by atomic mass is 32.2. The second-order valence-corrected chi connectivity index (χ2v) is 14.5. The molecule has 8 nitrogen and oxygen atoms in total. The molecule has 2 aliphatic carbocycles. The van der Waals surface area contributed by atoms with E-state index in [4.69, 9.17) is 4.98 Å². The number of nitrogens with one attached hydrogen (secondary N) is 1. The summed E-state index contributed by atoms with van der Waals surface area (Å²) in [6, 6.07) is 0. The van der Waals surface area contributed by atoms with Crippen molar-refractivity contribution in [3.8, 4) is 0 Å². The number of carbonyl (C=O) groups excluding carboxylic acids is 3. The minimum atomic E-state index is -0.554. The number of rotatable bonds is 4. The maximum absolute atomic E-state index is 13.3. The van der Waals surface area contributed by atoms with E-state index in [-0.39, 0.29) is 52.7 Å². The Morgan fingerprint density at radius 2 is 1.79 bits per heavy atom. The molecular weight excluding hydrogens is 520 g/mol. The summed E-state index contributed by atoms with van der Waals surface area (Å²) in [6.07, 6.45) is 3.47. The lowest BCUT2D eigenvalue weighted by Crippen LogP contribution is -2.54. The molecule has 3 heterocycles. The number of anilines is 1. The average molecular weight is 563 g/mol. The number of carbonyl (C=O) groups is 3. The van der Waals surface area contributed by atoms with Crippen molar-refractivity contribution in [1.82, 2.24) is 14.8 Å². The molecule has 3 amide bonds. The third kappa shape index (κ3) is 5.24. The van der Waals surface area contributed by atoms with Crippen molar-refractivity contribution in [2.24, 2.45) is 29.1 Å². The van der Waals surface area contributed by atoms with Gasteiger partial charge < -0.3 is 20.2 Å². The molecule has 5 rings (SSSR count). The monoisotopic (exact) mass is 562 g/mol. The van der Waals surface area contributed by atoms with Crippen molar-refractivity contribution in [1.29, 1.82) is 0 Å². The highest BCUT2D eigenvalue weighted by Gasteiger charge is 2.54. The average Bonchev–Trinajstić information content (AvgIpc) is 3.30. The van der Waals surface area contributed by atoms with E-state index in [0.29, 0.717) is 31.1 Å². The highest BCUT2D eigenvalue weighted by Crippen LogP contribution is 2.57. The minimum absolute atomic E-state index is 0.0147. The van der Waals surface area contributed by atoms with Gasteiger partial charge in [0.15, 0.2) is 5.13 Å². The van der Waals surface area contributed by atoms with E-state index in [2.05, 4.69) is 19.2 Å². The van der Waals surface area contributed by atoms with Gasteiger partial charge in [-0.15, -0.1) is 11.3 Å². The van der Waals surface area contributed by atoms with Crippen LogP contribution in [0.25, 0.3) is 0 Å². The number of aromatic nitrogens is 1. The standard InChI is InChI=1S/C28H42N4O4S2/c1-16(26(36)32-11-13-37-14-12-32)20-5-8-28(4)15-21-23(17(2)22(28)24(20)34)29-27(38-21)30-25(35)19-6-9-31(10-7-19)18(3)33/h16-17,19-20,22,24,34H,5-15H2,1-4H3,(H,29,30,35)/t16-,17-,20+,22+,24-,28-/m0/s1. The summed E-state index contributed by atoms with van der Waals surface area (Å²) in [7, 11) is 0. The number of aliphatic hydroxyl groups is 1. The number of fused-ring (bicyclic) bond motifs is 2. The van der Waals surface area contributed by atoms with E-state index in [1.807, 2.05) is 23.6 Å². The van der Waals surface area contributed by atoms with Crippen molar-refractivity contribution in [2.45, 2.75) is 71.8 Å². The summed E-state index contributed by atoms with van der Waals surface area (Å²) >= 11 is 3.47. The summed E-state index contributed by atoms with van der Waals surface area (Å²) in [6.45, 7) is 10.9. The van der Waals surface area contributed by atoms with E-state index in [9.17, 15) is 19.5 Å². The number of nitrogens with zero attached hydrogens (tertiary/aromatic N) is 3. The summed E-state index contributed by atoms with van der Waals surface area (Å²) in [5.74, 6) is 1.97. The Kier molecular flexibility index (Phi) is 8.14. The molecular formula is C28H42N4O4S2. The van der Waals surface area contributed by atoms with Gasteiger partial charge in [-0.05, 0) is 49.4 Å². The first-order valence-corrected chi connectivity index (χ1v) is 16.2. The van der Waals surface area contributed by atoms with Crippen LogP contribution in [0.5, 0.6) is 0 Å². The van der Waals surface area contributed by atoms with Gasteiger partial charge in [-0.3, -0.25) is 14.4 Å². The molecule has 0 aromatic carbocycles. The van der Waals surface area contributed by atoms with Gasteiger partial charge in [0.2, 0.25) is 17.7 Å². The third-order valence-corrected chi connectivity index (χ3v) is 11.7. The van der Waals surface area contributed by atoms with Gasteiger partial charge in [-0.2, -0.15) is 11.8 Å². The Bertz CT molecular complexity index is 1070. The van der Waals surface area contributed by atoms with Gasteiger partial charge in [0.25, 0.3) is 0 Å². The van der Waals surface area contributed by atoms with Crippen LogP contribution in [0.2, 0.25) is 0 Å². The highest BCUT2D eigenvalue weighted by molar-refractivity contribution is 7.99. The van der Waals surface area contributed by atoms with E-state index < -0.39 is 6.10 Å². The molecule has 0 spiro atoms. The zero-order chi connectivity index (χ0) is 27.2. The molecule has 2 aliphatic heterocycles. The van der Waals surface area contributed by atoms with Gasteiger partial charge in [0, 0.05) is 67.2 Å². The fourth-order valence-corrected chi connectivity index (χ4v) is 9.69. The molecule has 10 heteroatoms. The van der Waals surface area contributed by atoms with Gasteiger partial charge in [0.05, 0.1) is 11.8 Å². The van der Waals surface area contributed by atoms with Crippen LogP contribution in [0, 0.1) is 29.1 Å². The lowest BCUT2D eigenvalue weighted by atomic mass is 9.53. The van der Waals surface area contributed by atoms with Crippen molar-refractivity contribution >= 4 is 46.0 Å². The maximum Gasteiger partial charge on any atom is 0.229 e. The number of piperidine rings is 1. The minimum Gasteiger partial charge on any atom is -0.392 e. The number of thioether (sulfide) groups is 1. The Labute approximate surface area is 234 Å². The van der Waals surface area contributed by atoms with Crippen molar-refractivity contribution in [2.75, 3.05) is 43.0 Å². The van der Waals surface area contributed by atoms with E-state index >= 15 is 0 Å². The predicted octanol–water partition coefficient (Wildman–Crippen LogP) is 3.60. The molecule has 1 saturated carbocycles. The molecule has 38 heavy (non-hydrogen) atoms. The van der Waals surface area contributed by atoms with Crippen molar-refractivity contribution < 1.29 is 19.5 Å². The first kappa shape index (κ1) is 27.9. The SMILES string of the molecule is CC(=O)N1CCC(C(=O)Nc2nc3c(s2)C[C@]2(C)CC[C@H]([C@H](C)C(=O)N4CCSCC4)[C@H](O)[C@H]2[C@@H]3C)CC1. The summed E-state index contributed by atoms with van der Waals surface area (Å²) in [5.41, 5.74) is 0.936. The number of amides is 3. The lowest BCUT2D eigenvalue weighted by Gasteiger charge is -2.53. The fourth-order valence-electron chi connectivity index (χ4n) is 7.52. The first-order chi connectivity index (χ1) is 18.1. The normalized spacial score (nSPS) is 32.8. The van der Waals surface area contributed by atoms with Crippen LogP contribution in [-0.2, 0) is 20.8 Å². The lowest BCUT2D eigenvalue weighted by molar-refractivity contribution is -0.144. The Balaban J connectivity index is 1.27. The van der Waals surface area contributed by atoms with Crippen LogP contribution >= 0.6 is 23.1 Å².